The topological polar surface area (TPSA) is 18.8 Å². The third-order valence-corrected chi connectivity index (χ3v) is 2.52. The van der Waals surface area contributed by atoms with E-state index in [-0.39, 0.29) is 0 Å². The van der Waals surface area contributed by atoms with Crippen molar-refractivity contribution in [3.8, 4) is 0 Å². The highest BCUT2D eigenvalue weighted by Crippen LogP contribution is 2.15. The van der Waals surface area contributed by atoms with Crippen molar-refractivity contribution in [2.75, 3.05) is 28.2 Å². The number of guanidine groups is 1. The summed E-state index contributed by atoms with van der Waals surface area (Å²) in [5, 5.41) is 0.767. The summed E-state index contributed by atoms with van der Waals surface area (Å²) in [6.45, 7) is 0.603. The van der Waals surface area contributed by atoms with Crippen LogP contribution in [0.5, 0.6) is 0 Å². The van der Waals surface area contributed by atoms with E-state index in [4.69, 9.17) is 11.6 Å². The maximum absolute atomic E-state index is 6.07. The van der Waals surface area contributed by atoms with E-state index < -0.39 is 0 Å². The van der Waals surface area contributed by atoms with Gasteiger partial charge in [0.25, 0.3) is 0 Å². The van der Waals surface area contributed by atoms with Crippen molar-refractivity contribution in [2.45, 2.75) is 6.54 Å². The van der Waals surface area contributed by atoms with Crippen LogP contribution in [0.3, 0.4) is 0 Å². The first kappa shape index (κ1) is 12.8. The summed E-state index contributed by atoms with van der Waals surface area (Å²) < 4.78 is 0. The average Bonchev–Trinajstić information content (AvgIpc) is 2.20. The Hall–Kier alpha value is -1.22. The molecule has 0 aromatic heterocycles. The highest BCUT2D eigenvalue weighted by molar-refractivity contribution is 6.31. The van der Waals surface area contributed by atoms with Crippen molar-refractivity contribution < 1.29 is 0 Å². The molecule has 0 heterocycles. The Morgan fingerprint density at radius 3 is 2.19 bits per heavy atom. The van der Waals surface area contributed by atoms with Gasteiger partial charge in [0.05, 0.1) is 6.54 Å². The molecule has 0 spiro atoms. The maximum Gasteiger partial charge on any atom is 0.195 e. The fraction of sp³-hybridized carbons (Fsp3) is 0.417. The minimum Gasteiger partial charge on any atom is -0.349 e. The Bertz CT molecular complexity index is 362. The van der Waals surface area contributed by atoms with E-state index in [0.717, 1.165) is 16.5 Å². The summed E-state index contributed by atoms with van der Waals surface area (Å²) in [6.07, 6.45) is 0. The summed E-state index contributed by atoms with van der Waals surface area (Å²) in [6, 6.07) is 7.78. The summed E-state index contributed by atoms with van der Waals surface area (Å²) in [5.74, 6) is 0.930. The third-order valence-electron chi connectivity index (χ3n) is 2.15. The van der Waals surface area contributed by atoms with Crippen molar-refractivity contribution in [1.29, 1.82) is 0 Å². The van der Waals surface area contributed by atoms with E-state index in [1.54, 1.807) is 0 Å². The molecule has 0 aliphatic rings. The van der Waals surface area contributed by atoms with Crippen LogP contribution in [0, 0.1) is 0 Å². The summed E-state index contributed by atoms with van der Waals surface area (Å²) in [4.78, 5) is 8.50. The molecular weight excluding hydrogens is 222 g/mol. The molecule has 0 saturated heterocycles. The highest BCUT2D eigenvalue weighted by Gasteiger charge is 2.04. The largest absolute Gasteiger partial charge is 0.349 e. The molecule has 16 heavy (non-hydrogen) atoms. The van der Waals surface area contributed by atoms with E-state index in [9.17, 15) is 0 Å². The van der Waals surface area contributed by atoms with Crippen LogP contribution < -0.4 is 0 Å². The molecule has 0 atom stereocenters. The molecule has 0 unspecified atom stereocenters. The van der Waals surface area contributed by atoms with E-state index in [0.29, 0.717) is 6.54 Å². The minimum absolute atomic E-state index is 0.603. The predicted molar refractivity (Wildman–Crippen MR) is 70.0 cm³/mol. The van der Waals surface area contributed by atoms with Crippen molar-refractivity contribution in [3.05, 3.63) is 34.9 Å². The standard InChI is InChI=1S/C12H18ClN3/c1-15(2)12(16(3)4)14-9-10-7-5-6-8-11(10)13/h5-8H,9H2,1-4H3. The first-order valence-electron chi connectivity index (χ1n) is 5.15. The molecule has 1 aromatic carbocycles. The number of hydrogen-bond donors (Lipinski definition) is 0. The van der Waals surface area contributed by atoms with Crippen LogP contribution in [-0.2, 0) is 6.54 Å². The number of hydrogen-bond acceptors (Lipinski definition) is 1. The monoisotopic (exact) mass is 239 g/mol. The van der Waals surface area contributed by atoms with Gasteiger partial charge in [0.2, 0.25) is 0 Å². The van der Waals surface area contributed by atoms with Crippen LogP contribution in [0.1, 0.15) is 5.56 Å². The fourth-order valence-corrected chi connectivity index (χ4v) is 1.66. The number of halogens is 1. The van der Waals surface area contributed by atoms with Gasteiger partial charge in [0.1, 0.15) is 0 Å². The van der Waals surface area contributed by atoms with Crippen LogP contribution in [0.2, 0.25) is 5.02 Å². The van der Waals surface area contributed by atoms with Gasteiger partial charge in [-0.2, -0.15) is 0 Å². The van der Waals surface area contributed by atoms with Crippen LogP contribution >= 0.6 is 11.6 Å². The Kier molecular flexibility index (Phi) is 4.62. The molecule has 0 aliphatic heterocycles. The first-order valence-corrected chi connectivity index (χ1v) is 5.52. The maximum atomic E-state index is 6.07. The molecule has 0 saturated carbocycles. The Labute approximate surface area is 102 Å². The summed E-state index contributed by atoms with van der Waals surface area (Å²) in [7, 11) is 7.91. The quantitative estimate of drug-likeness (QED) is 0.583. The zero-order chi connectivity index (χ0) is 12.1. The van der Waals surface area contributed by atoms with Crippen molar-refractivity contribution in [1.82, 2.24) is 9.80 Å². The van der Waals surface area contributed by atoms with E-state index in [1.165, 1.54) is 0 Å². The lowest BCUT2D eigenvalue weighted by Gasteiger charge is -2.22. The lowest BCUT2D eigenvalue weighted by molar-refractivity contribution is 0.479. The zero-order valence-electron chi connectivity index (χ0n) is 10.2. The van der Waals surface area contributed by atoms with Crippen molar-refractivity contribution in [3.63, 3.8) is 0 Å². The Morgan fingerprint density at radius 1 is 1.12 bits per heavy atom. The second-order valence-electron chi connectivity index (χ2n) is 4.00. The van der Waals surface area contributed by atoms with Gasteiger partial charge in [-0.15, -0.1) is 0 Å². The second-order valence-corrected chi connectivity index (χ2v) is 4.40. The van der Waals surface area contributed by atoms with Gasteiger partial charge in [-0.25, -0.2) is 4.99 Å². The van der Waals surface area contributed by atoms with Gasteiger partial charge in [-0.05, 0) is 11.6 Å². The Balaban J connectivity index is 2.82. The normalized spacial score (nSPS) is 9.81. The van der Waals surface area contributed by atoms with Gasteiger partial charge in [-0.1, -0.05) is 29.8 Å². The molecular formula is C12H18ClN3. The van der Waals surface area contributed by atoms with E-state index in [2.05, 4.69) is 4.99 Å². The third kappa shape index (κ3) is 3.42. The summed E-state index contributed by atoms with van der Waals surface area (Å²) in [5.41, 5.74) is 1.05. The predicted octanol–water partition coefficient (Wildman–Crippen LogP) is 2.32. The molecule has 0 amide bonds. The molecule has 3 nitrogen and oxygen atoms in total. The van der Waals surface area contributed by atoms with Gasteiger partial charge in [-0.3, -0.25) is 0 Å². The molecule has 0 aliphatic carbocycles. The number of nitrogens with zero attached hydrogens (tertiary/aromatic N) is 3. The zero-order valence-corrected chi connectivity index (χ0v) is 11.0. The Morgan fingerprint density at radius 2 is 1.69 bits per heavy atom. The smallest absolute Gasteiger partial charge is 0.195 e. The molecule has 88 valence electrons. The van der Waals surface area contributed by atoms with E-state index >= 15 is 0 Å². The number of rotatable bonds is 2. The number of benzene rings is 1. The fourth-order valence-electron chi connectivity index (χ4n) is 1.47. The molecule has 4 heteroatoms. The van der Waals surface area contributed by atoms with Gasteiger partial charge in [0.15, 0.2) is 5.96 Å². The number of aliphatic imine (C=N–C) groups is 1. The van der Waals surface area contributed by atoms with Crippen LogP contribution in [0.25, 0.3) is 0 Å². The highest BCUT2D eigenvalue weighted by atomic mass is 35.5. The lowest BCUT2D eigenvalue weighted by atomic mass is 10.2. The second kappa shape index (κ2) is 5.75. The molecule has 0 N–H and O–H groups in total. The van der Waals surface area contributed by atoms with Gasteiger partial charge in [0, 0.05) is 33.2 Å². The molecule has 0 fully saturated rings. The first-order chi connectivity index (χ1) is 7.52. The van der Waals surface area contributed by atoms with Crippen LogP contribution in [0.4, 0.5) is 0 Å². The molecule has 1 rings (SSSR count). The minimum atomic E-state index is 0.603. The molecule has 0 radical (unpaired) electrons. The SMILES string of the molecule is CN(C)C(=NCc1ccccc1Cl)N(C)C. The average molecular weight is 240 g/mol. The van der Waals surface area contributed by atoms with Crippen molar-refractivity contribution in [2.24, 2.45) is 4.99 Å². The summed E-state index contributed by atoms with van der Waals surface area (Å²) >= 11 is 6.07. The van der Waals surface area contributed by atoms with Crippen LogP contribution in [0.15, 0.2) is 29.3 Å². The molecule has 0 bridgehead atoms. The van der Waals surface area contributed by atoms with Crippen molar-refractivity contribution >= 4 is 17.6 Å². The van der Waals surface area contributed by atoms with E-state index in [1.807, 2.05) is 62.3 Å². The lowest BCUT2D eigenvalue weighted by Crippen LogP contribution is -2.35. The molecule has 1 aromatic rings. The van der Waals surface area contributed by atoms with Gasteiger partial charge >= 0.3 is 0 Å². The van der Waals surface area contributed by atoms with Crippen LogP contribution in [-0.4, -0.2) is 44.0 Å². The van der Waals surface area contributed by atoms with Gasteiger partial charge < -0.3 is 9.80 Å².